The van der Waals surface area contributed by atoms with Gasteiger partial charge < -0.3 is 15.8 Å². The third-order valence-corrected chi connectivity index (χ3v) is 5.96. The van der Waals surface area contributed by atoms with Crippen LogP contribution in [0.15, 0.2) is 59.6 Å². The number of benzene rings is 2. The number of rotatable bonds is 6. The highest BCUT2D eigenvalue weighted by molar-refractivity contribution is 7.99. The molecule has 0 spiro atoms. The minimum atomic E-state index is -0.405. The molecule has 8 heteroatoms. The number of hydrogen-bond donors (Lipinski definition) is 2. The maximum absolute atomic E-state index is 12.7. The van der Waals surface area contributed by atoms with Gasteiger partial charge in [0, 0.05) is 32.8 Å². The van der Waals surface area contributed by atoms with E-state index in [0.29, 0.717) is 22.3 Å². The molecule has 1 aliphatic heterocycles. The number of nitrogens with zero attached hydrogens (tertiary/aromatic N) is 2. The van der Waals surface area contributed by atoms with Gasteiger partial charge in [0.1, 0.15) is 0 Å². The van der Waals surface area contributed by atoms with E-state index >= 15 is 0 Å². The van der Waals surface area contributed by atoms with Crippen molar-refractivity contribution in [2.45, 2.75) is 4.90 Å². The number of carbonyl (C=O) groups excluding carboxylic acids is 1. The first kappa shape index (κ1) is 19.7. The Labute approximate surface area is 177 Å². The van der Waals surface area contributed by atoms with E-state index in [0.717, 1.165) is 29.4 Å². The van der Waals surface area contributed by atoms with Crippen LogP contribution in [-0.4, -0.2) is 34.8 Å². The van der Waals surface area contributed by atoms with Crippen molar-refractivity contribution in [3.8, 4) is 11.3 Å². The van der Waals surface area contributed by atoms with Gasteiger partial charge in [-0.15, -0.1) is 11.8 Å². The summed E-state index contributed by atoms with van der Waals surface area (Å²) < 4.78 is 5.19. The van der Waals surface area contributed by atoms with Crippen LogP contribution in [0.5, 0.6) is 0 Å². The third-order valence-electron chi connectivity index (χ3n) is 4.46. The van der Waals surface area contributed by atoms with Crippen LogP contribution >= 0.6 is 23.4 Å². The minimum absolute atomic E-state index is 0.0788. The maximum Gasteiger partial charge on any atom is 0.278 e. The summed E-state index contributed by atoms with van der Waals surface area (Å²) in [4.78, 5) is 22.3. The quantitative estimate of drug-likeness (QED) is 0.569. The molecule has 0 atom stereocenters. The number of nitrogens with two attached hydrogens (primary N) is 1. The fourth-order valence-electron chi connectivity index (χ4n) is 2.74. The molecule has 3 N–H and O–H groups in total. The smallest absolute Gasteiger partial charge is 0.278 e. The lowest BCUT2D eigenvalue weighted by molar-refractivity contribution is -0.0196. The largest absolute Gasteiger partial charge is 0.382 e. The van der Waals surface area contributed by atoms with Gasteiger partial charge in [-0.3, -0.25) is 4.79 Å². The summed E-state index contributed by atoms with van der Waals surface area (Å²) in [6.45, 7) is 1.69. The Bertz CT molecular complexity index is 1010. The van der Waals surface area contributed by atoms with Gasteiger partial charge in [0.2, 0.25) is 0 Å². The highest BCUT2D eigenvalue weighted by Crippen LogP contribution is 2.26. The Balaban J connectivity index is 1.44. The molecule has 2 heterocycles. The number of anilines is 2. The monoisotopic (exact) mass is 426 g/mol. The average molecular weight is 427 g/mol. The average Bonchev–Trinajstić information content (AvgIpc) is 2.69. The molecule has 0 radical (unpaired) electrons. The zero-order valence-corrected chi connectivity index (χ0v) is 17.0. The molecular formula is C21H19ClN4O2S. The van der Waals surface area contributed by atoms with Crippen LogP contribution in [0.3, 0.4) is 0 Å². The highest BCUT2D eigenvalue weighted by atomic mass is 35.5. The highest BCUT2D eigenvalue weighted by Gasteiger charge is 2.18. The first-order valence-corrected chi connectivity index (χ1v) is 10.5. The number of aromatic nitrogens is 2. The Morgan fingerprint density at radius 1 is 1.17 bits per heavy atom. The van der Waals surface area contributed by atoms with Crippen molar-refractivity contribution in [2.24, 2.45) is 5.92 Å². The fraction of sp³-hybridized carbons (Fsp3) is 0.190. The molecule has 0 bridgehead atoms. The van der Waals surface area contributed by atoms with Crippen molar-refractivity contribution in [2.75, 3.05) is 30.0 Å². The van der Waals surface area contributed by atoms with Gasteiger partial charge in [-0.1, -0.05) is 23.7 Å². The third kappa shape index (κ3) is 4.87. The molecule has 29 heavy (non-hydrogen) atoms. The fourth-order valence-corrected chi connectivity index (χ4v) is 3.82. The minimum Gasteiger partial charge on any atom is -0.382 e. The van der Waals surface area contributed by atoms with Gasteiger partial charge in [0.15, 0.2) is 11.5 Å². The molecule has 1 fully saturated rings. The number of nitrogen functional groups attached to an aromatic ring is 1. The maximum atomic E-state index is 12.7. The first-order chi connectivity index (χ1) is 14.1. The molecular weight excluding hydrogens is 408 g/mol. The molecule has 3 aromatic rings. The lowest BCUT2D eigenvalue weighted by Gasteiger charge is -2.25. The van der Waals surface area contributed by atoms with Gasteiger partial charge in [-0.25, -0.2) is 9.97 Å². The summed E-state index contributed by atoms with van der Waals surface area (Å²) in [6.07, 6.45) is 1.54. The summed E-state index contributed by atoms with van der Waals surface area (Å²) in [5, 5.41) is 3.45. The van der Waals surface area contributed by atoms with Gasteiger partial charge in [-0.2, -0.15) is 0 Å². The molecule has 2 aromatic carbocycles. The molecule has 1 saturated heterocycles. The SMILES string of the molecule is Nc1ncc(-c2ccc(Cl)cc2)nc1C(=O)Nc1ccc(SCC2COC2)cc1. The summed E-state index contributed by atoms with van der Waals surface area (Å²) in [5.74, 6) is 1.34. The van der Waals surface area contributed by atoms with E-state index in [1.165, 1.54) is 6.20 Å². The van der Waals surface area contributed by atoms with Crippen LogP contribution in [0.2, 0.25) is 5.02 Å². The Hall–Kier alpha value is -2.61. The molecule has 6 nitrogen and oxygen atoms in total. The molecule has 0 saturated carbocycles. The van der Waals surface area contributed by atoms with E-state index in [1.54, 1.807) is 23.9 Å². The lowest BCUT2D eigenvalue weighted by atomic mass is 10.1. The number of amides is 1. The van der Waals surface area contributed by atoms with Gasteiger partial charge >= 0.3 is 0 Å². The molecule has 148 valence electrons. The summed E-state index contributed by atoms with van der Waals surface area (Å²) in [6, 6.07) is 14.8. The van der Waals surface area contributed by atoms with Crippen molar-refractivity contribution >= 4 is 40.8 Å². The number of carbonyl (C=O) groups is 1. The van der Waals surface area contributed by atoms with Crippen molar-refractivity contribution in [3.63, 3.8) is 0 Å². The molecule has 1 amide bonds. The van der Waals surface area contributed by atoms with Crippen molar-refractivity contribution in [3.05, 3.63) is 65.4 Å². The Morgan fingerprint density at radius 3 is 2.55 bits per heavy atom. The zero-order chi connectivity index (χ0) is 20.2. The second-order valence-corrected chi connectivity index (χ2v) is 8.22. The molecule has 1 aromatic heterocycles. The summed E-state index contributed by atoms with van der Waals surface area (Å²) in [7, 11) is 0. The van der Waals surface area contributed by atoms with E-state index in [2.05, 4.69) is 15.3 Å². The normalized spacial score (nSPS) is 13.7. The topological polar surface area (TPSA) is 90.1 Å². The molecule has 0 unspecified atom stereocenters. The summed E-state index contributed by atoms with van der Waals surface area (Å²) in [5.41, 5.74) is 7.99. The van der Waals surface area contributed by atoms with E-state index in [-0.39, 0.29) is 11.5 Å². The predicted molar refractivity (Wildman–Crippen MR) is 116 cm³/mol. The predicted octanol–water partition coefficient (Wildman–Crippen LogP) is 4.37. The van der Waals surface area contributed by atoms with E-state index in [4.69, 9.17) is 22.1 Å². The Kier molecular flexibility index (Phi) is 5.99. The van der Waals surface area contributed by atoms with Gasteiger partial charge in [0.25, 0.3) is 5.91 Å². The van der Waals surface area contributed by atoms with E-state index < -0.39 is 5.91 Å². The summed E-state index contributed by atoms with van der Waals surface area (Å²) >= 11 is 7.71. The van der Waals surface area contributed by atoms with E-state index in [1.807, 2.05) is 36.4 Å². The second-order valence-electron chi connectivity index (χ2n) is 6.69. The number of thioether (sulfide) groups is 1. The van der Waals surface area contributed by atoms with Crippen LogP contribution in [0, 0.1) is 5.92 Å². The van der Waals surface area contributed by atoms with Crippen molar-refractivity contribution in [1.29, 1.82) is 0 Å². The number of halogens is 1. The van der Waals surface area contributed by atoms with Crippen LogP contribution < -0.4 is 11.1 Å². The van der Waals surface area contributed by atoms with Crippen LogP contribution in [0.4, 0.5) is 11.5 Å². The van der Waals surface area contributed by atoms with Crippen LogP contribution in [-0.2, 0) is 4.74 Å². The van der Waals surface area contributed by atoms with Gasteiger partial charge in [-0.05, 0) is 36.4 Å². The Morgan fingerprint density at radius 2 is 1.90 bits per heavy atom. The molecule has 0 aliphatic carbocycles. The first-order valence-electron chi connectivity index (χ1n) is 9.09. The standard InChI is InChI=1S/C21H19ClN4O2S/c22-15-3-1-14(2-4-15)18-9-24-20(23)19(26-18)21(27)25-16-5-7-17(8-6-16)29-12-13-10-28-11-13/h1-9,13H,10-12H2,(H2,23,24)(H,25,27). The second kappa shape index (κ2) is 8.82. The molecule has 1 aliphatic rings. The van der Waals surface area contributed by atoms with Crippen LogP contribution in [0.25, 0.3) is 11.3 Å². The number of ether oxygens (including phenoxy) is 1. The van der Waals surface area contributed by atoms with Crippen molar-refractivity contribution in [1.82, 2.24) is 9.97 Å². The van der Waals surface area contributed by atoms with Gasteiger partial charge in [0.05, 0.1) is 25.1 Å². The number of nitrogens with one attached hydrogen (secondary N) is 1. The van der Waals surface area contributed by atoms with Crippen molar-refractivity contribution < 1.29 is 9.53 Å². The number of hydrogen-bond acceptors (Lipinski definition) is 6. The van der Waals surface area contributed by atoms with E-state index in [9.17, 15) is 4.79 Å². The zero-order valence-electron chi connectivity index (χ0n) is 15.5. The molecule has 4 rings (SSSR count). The lowest BCUT2D eigenvalue weighted by Crippen LogP contribution is -2.29. The van der Waals surface area contributed by atoms with Crippen LogP contribution in [0.1, 0.15) is 10.5 Å².